The topological polar surface area (TPSA) is 58.6 Å². The van der Waals surface area contributed by atoms with Gasteiger partial charge in [0.05, 0.1) is 18.8 Å². The molecule has 0 saturated carbocycles. The van der Waals surface area contributed by atoms with Crippen molar-refractivity contribution >= 4 is 5.91 Å². The number of aliphatic hydroxyl groups is 1. The standard InChI is InChI=1S/C10H17NO3/c1-8(2)5-9(13)11-10(6-12)3-4-14-7-10/h5,12H,3-4,6-7H2,1-2H3,(H,11,13). The number of aliphatic hydroxyl groups excluding tert-OH is 1. The van der Waals surface area contributed by atoms with Crippen LogP contribution in [0.2, 0.25) is 0 Å². The monoisotopic (exact) mass is 199 g/mol. The Labute approximate surface area is 83.9 Å². The van der Waals surface area contributed by atoms with Gasteiger partial charge in [-0.25, -0.2) is 0 Å². The van der Waals surface area contributed by atoms with Crippen LogP contribution in [0.5, 0.6) is 0 Å². The molecule has 4 heteroatoms. The third-order valence-corrected chi connectivity index (χ3v) is 2.21. The van der Waals surface area contributed by atoms with Crippen molar-refractivity contribution in [1.29, 1.82) is 0 Å². The molecule has 2 N–H and O–H groups in total. The Balaban J connectivity index is 2.56. The summed E-state index contributed by atoms with van der Waals surface area (Å²) in [6.07, 6.45) is 2.20. The van der Waals surface area contributed by atoms with Crippen LogP contribution < -0.4 is 5.32 Å². The highest BCUT2D eigenvalue weighted by Crippen LogP contribution is 2.17. The van der Waals surface area contributed by atoms with Crippen molar-refractivity contribution in [2.75, 3.05) is 19.8 Å². The average Bonchev–Trinajstić information content (AvgIpc) is 2.52. The van der Waals surface area contributed by atoms with Crippen molar-refractivity contribution in [3.63, 3.8) is 0 Å². The number of hydrogen-bond donors (Lipinski definition) is 2. The van der Waals surface area contributed by atoms with E-state index in [-0.39, 0.29) is 12.5 Å². The van der Waals surface area contributed by atoms with Crippen LogP contribution in [-0.2, 0) is 9.53 Å². The number of hydrogen-bond acceptors (Lipinski definition) is 3. The summed E-state index contributed by atoms with van der Waals surface area (Å²) < 4.78 is 5.16. The molecule has 14 heavy (non-hydrogen) atoms. The van der Waals surface area contributed by atoms with Crippen LogP contribution in [0.25, 0.3) is 0 Å². The second-order valence-electron chi connectivity index (χ2n) is 3.95. The molecule has 1 aliphatic heterocycles. The molecule has 0 radical (unpaired) electrons. The van der Waals surface area contributed by atoms with Crippen molar-refractivity contribution in [2.24, 2.45) is 0 Å². The van der Waals surface area contributed by atoms with Gasteiger partial charge in [0.25, 0.3) is 0 Å². The van der Waals surface area contributed by atoms with Gasteiger partial charge in [-0.1, -0.05) is 5.57 Å². The fourth-order valence-electron chi connectivity index (χ4n) is 1.43. The largest absolute Gasteiger partial charge is 0.394 e. The first kappa shape index (κ1) is 11.2. The molecule has 4 nitrogen and oxygen atoms in total. The highest BCUT2D eigenvalue weighted by atomic mass is 16.5. The van der Waals surface area contributed by atoms with Crippen molar-refractivity contribution < 1.29 is 14.6 Å². The minimum absolute atomic E-state index is 0.0741. The number of ether oxygens (including phenoxy) is 1. The second kappa shape index (κ2) is 4.57. The minimum Gasteiger partial charge on any atom is -0.394 e. The second-order valence-corrected chi connectivity index (χ2v) is 3.95. The van der Waals surface area contributed by atoms with Crippen LogP contribution in [0.1, 0.15) is 20.3 Å². The van der Waals surface area contributed by atoms with Crippen LogP contribution >= 0.6 is 0 Å². The van der Waals surface area contributed by atoms with Crippen molar-refractivity contribution in [3.8, 4) is 0 Å². The van der Waals surface area contributed by atoms with Crippen LogP contribution in [-0.4, -0.2) is 36.4 Å². The van der Waals surface area contributed by atoms with Gasteiger partial charge >= 0.3 is 0 Å². The smallest absolute Gasteiger partial charge is 0.244 e. The predicted octanol–water partition coefficient (Wildman–Crippen LogP) is 0.220. The SMILES string of the molecule is CC(C)=CC(=O)NC1(CO)CCOC1. The first-order chi connectivity index (χ1) is 6.58. The Kier molecular flexibility index (Phi) is 3.66. The minimum atomic E-state index is -0.566. The van der Waals surface area contributed by atoms with Crippen molar-refractivity contribution in [3.05, 3.63) is 11.6 Å². The number of carbonyl (C=O) groups excluding carboxylic acids is 1. The van der Waals surface area contributed by atoms with Gasteiger partial charge in [-0.2, -0.15) is 0 Å². The van der Waals surface area contributed by atoms with Crippen LogP contribution in [0, 0.1) is 0 Å². The molecule has 1 atom stereocenters. The number of nitrogens with one attached hydrogen (secondary N) is 1. The summed E-state index contributed by atoms with van der Waals surface area (Å²) in [7, 11) is 0. The summed E-state index contributed by atoms with van der Waals surface area (Å²) in [6.45, 7) is 4.63. The van der Waals surface area contributed by atoms with Gasteiger partial charge in [-0.3, -0.25) is 4.79 Å². The molecule has 1 amide bonds. The summed E-state index contributed by atoms with van der Waals surface area (Å²) in [5.74, 6) is -0.162. The first-order valence-corrected chi connectivity index (χ1v) is 4.74. The highest BCUT2D eigenvalue weighted by molar-refractivity contribution is 5.88. The third-order valence-electron chi connectivity index (χ3n) is 2.21. The Morgan fingerprint density at radius 2 is 2.36 bits per heavy atom. The molecule has 0 spiro atoms. The van der Waals surface area contributed by atoms with Crippen molar-refractivity contribution in [1.82, 2.24) is 5.32 Å². The number of rotatable bonds is 3. The zero-order valence-corrected chi connectivity index (χ0v) is 8.67. The normalized spacial score (nSPS) is 25.9. The van der Waals surface area contributed by atoms with Crippen LogP contribution in [0.4, 0.5) is 0 Å². The Morgan fingerprint density at radius 1 is 1.64 bits per heavy atom. The van der Waals surface area contributed by atoms with E-state index in [0.29, 0.717) is 19.6 Å². The highest BCUT2D eigenvalue weighted by Gasteiger charge is 2.35. The maximum atomic E-state index is 11.4. The van der Waals surface area contributed by atoms with Gasteiger partial charge < -0.3 is 15.2 Å². The van der Waals surface area contributed by atoms with Gasteiger partial charge in [0.1, 0.15) is 0 Å². The fraction of sp³-hybridized carbons (Fsp3) is 0.700. The molecular formula is C10H17NO3. The molecule has 1 heterocycles. The van der Waals surface area contributed by atoms with E-state index in [1.807, 2.05) is 13.8 Å². The lowest BCUT2D eigenvalue weighted by molar-refractivity contribution is -0.119. The summed E-state index contributed by atoms with van der Waals surface area (Å²) in [6, 6.07) is 0. The zero-order valence-electron chi connectivity index (χ0n) is 8.67. The molecule has 1 unspecified atom stereocenters. The third kappa shape index (κ3) is 2.82. The predicted molar refractivity (Wildman–Crippen MR) is 52.8 cm³/mol. The lowest BCUT2D eigenvalue weighted by atomic mass is 10.00. The molecule has 0 aliphatic carbocycles. The lowest BCUT2D eigenvalue weighted by Gasteiger charge is -2.25. The molecular weight excluding hydrogens is 182 g/mol. The molecule has 0 aromatic rings. The number of allylic oxidation sites excluding steroid dienone is 1. The van der Waals surface area contributed by atoms with Crippen LogP contribution in [0.15, 0.2) is 11.6 Å². The van der Waals surface area contributed by atoms with Gasteiger partial charge in [-0.05, 0) is 20.3 Å². The van der Waals surface area contributed by atoms with Gasteiger partial charge in [-0.15, -0.1) is 0 Å². The maximum absolute atomic E-state index is 11.4. The van der Waals surface area contributed by atoms with E-state index in [1.54, 1.807) is 0 Å². The molecule has 1 aliphatic rings. The molecule has 1 rings (SSSR count). The molecule has 1 fully saturated rings. The lowest BCUT2D eigenvalue weighted by Crippen LogP contribution is -2.51. The van der Waals surface area contributed by atoms with E-state index in [2.05, 4.69) is 5.32 Å². The Hall–Kier alpha value is -0.870. The molecule has 1 saturated heterocycles. The summed E-state index contributed by atoms with van der Waals surface area (Å²) >= 11 is 0. The van der Waals surface area contributed by atoms with Gasteiger partial charge in [0.2, 0.25) is 5.91 Å². The molecule has 0 aromatic heterocycles. The first-order valence-electron chi connectivity index (χ1n) is 4.74. The van der Waals surface area contributed by atoms with E-state index in [1.165, 1.54) is 6.08 Å². The number of amides is 1. The average molecular weight is 199 g/mol. The Bertz CT molecular complexity index is 238. The molecule has 80 valence electrons. The quantitative estimate of drug-likeness (QED) is 0.639. The zero-order chi connectivity index (χ0) is 10.6. The molecule has 0 bridgehead atoms. The fourth-order valence-corrected chi connectivity index (χ4v) is 1.43. The van der Waals surface area contributed by atoms with E-state index in [4.69, 9.17) is 4.74 Å². The summed E-state index contributed by atoms with van der Waals surface area (Å²) in [5.41, 5.74) is 0.373. The van der Waals surface area contributed by atoms with Crippen molar-refractivity contribution in [2.45, 2.75) is 25.8 Å². The van der Waals surface area contributed by atoms with Gasteiger partial charge in [0, 0.05) is 12.7 Å². The summed E-state index contributed by atoms with van der Waals surface area (Å²) in [5, 5.41) is 12.0. The van der Waals surface area contributed by atoms with E-state index in [0.717, 1.165) is 5.57 Å². The maximum Gasteiger partial charge on any atom is 0.244 e. The number of carbonyl (C=O) groups is 1. The van der Waals surface area contributed by atoms with Crippen LogP contribution in [0.3, 0.4) is 0 Å². The summed E-state index contributed by atoms with van der Waals surface area (Å²) in [4.78, 5) is 11.4. The van der Waals surface area contributed by atoms with E-state index in [9.17, 15) is 9.90 Å². The molecule has 0 aromatic carbocycles. The van der Waals surface area contributed by atoms with E-state index >= 15 is 0 Å². The van der Waals surface area contributed by atoms with Gasteiger partial charge in [0.15, 0.2) is 0 Å². The van der Waals surface area contributed by atoms with E-state index < -0.39 is 5.54 Å². The Morgan fingerprint density at radius 3 is 2.79 bits per heavy atom.